The molecule has 0 bridgehead atoms. The smallest absolute Gasteiger partial charge is 0.321 e. The standard InChI is InChI=1S/C6H10N4O/c1-3-11-6-9-4(2)8-5(7)10-6/h3H2,1-2H3,(H2,7,8,9,10). The average molecular weight is 154 g/mol. The molecule has 0 unspecified atom stereocenters. The zero-order chi connectivity index (χ0) is 8.27. The van der Waals surface area contributed by atoms with Crippen LogP contribution in [0.1, 0.15) is 12.7 Å². The molecule has 1 aromatic rings. The van der Waals surface area contributed by atoms with Crippen molar-refractivity contribution < 1.29 is 4.74 Å². The van der Waals surface area contributed by atoms with Crippen molar-refractivity contribution in [1.29, 1.82) is 0 Å². The van der Waals surface area contributed by atoms with Gasteiger partial charge in [-0.25, -0.2) is 0 Å². The summed E-state index contributed by atoms with van der Waals surface area (Å²) in [5, 5.41) is 0. The van der Waals surface area contributed by atoms with E-state index in [2.05, 4.69) is 15.0 Å². The van der Waals surface area contributed by atoms with Crippen LogP contribution < -0.4 is 10.5 Å². The maximum absolute atomic E-state index is 5.35. The van der Waals surface area contributed by atoms with Gasteiger partial charge in [-0.15, -0.1) is 0 Å². The van der Waals surface area contributed by atoms with Crippen LogP contribution in [0.4, 0.5) is 5.95 Å². The highest BCUT2D eigenvalue weighted by Gasteiger charge is 1.99. The molecular weight excluding hydrogens is 144 g/mol. The molecule has 0 atom stereocenters. The number of aromatic nitrogens is 3. The molecule has 0 aliphatic carbocycles. The van der Waals surface area contributed by atoms with Crippen molar-refractivity contribution in [3.8, 4) is 6.01 Å². The lowest BCUT2D eigenvalue weighted by Gasteiger charge is -2.00. The van der Waals surface area contributed by atoms with E-state index in [-0.39, 0.29) is 12.0 Å². The lowest BCUT2D eigenvalue weighted by atomic mass is 10.7. The van der Waals surface area contributed by atoms with Crippen molar-refractivity contribution in [2.24, 2.45) is 0 Å². The van der Waals surface area contributed by atoms with Crippen LogP contribution in [0.5, 0.6) is 6.01 Å². The predicted octanol–water partition coefficient (Wildman–Crippen LogP) is 0.161. The van der Waals surface area contributed by atoms with E-state index in [1.807, 2.05) is 6.92 Å². The normalized spacial score (nSPS) is 9.64. The lowest BCUT2D eigenvalue weighted by molar-refractivity contribution is 0.311. The molecule has 0 fully saturated rings. The van der Waals surface area contributed by atoms with Gasteiger partial charge in [0, 0.05) is 0 Å². The van der Waals surface area contributed by atoms with Crippen LogP contribution in [0, 0.1) is 6.92 Å². The Balaban J connectivity index is 2.89. The molecule has 0 amide bonds. The summed E-state index contributed by atoms with van der Waals surface area (Å²) in [5.41, 5.74) is 5.35. The van der Waals surface area contributed by atoms with Crippen molar-refractivity contribution >= 4 is 5.95 Å². The minimum absolute atomic E-state index is 0.195. The predicted molar refractivity (Wildman–Crippen MR) is 40.1 cm³/mol. The second-order valence-corrected chi connectivity index (χ2v) is 1.96. The van der Waals surface area contributed by atoms with E-state index in [4.69, 9.17) is 10.5 Å². The number of nitrogens with zero attached hydrogens (tertiary/aromatic N) is 3. The quantitative estimate of drug-likeness (QED) is 0.656. The minimum Gasteiger partial charge on any atom is -0.464 e. The van der Waals surface area contributed by atoms with Crippen LogP contribution in [0.3, 0.4) is 0 Å². The first-order valence-corrected chi connectivity index (χ1v) is 3.33. The first-order valence-electron chi connectivity index (χ1n) is 3.33. The molecule has 0 spiro atoms. The first-order chi connectivity index (χ1) is 5.22. The Bertz CT molecular complexity index is 230. The molecule has 0 radical (unpaired) electrons. The van der Waals surface area contributed by atoms with E-state index in [1.54, 1.807) is 6.92 Å². The topological polar surface area (TPSA) is 73.9 Å². The molecule has 0 saturated carbocycles. The fraction of sp³-hybridized carbons (Fsp3) is 0.500. The summed E-state index contributed by atoms with van der Waals surface area (Å²) in [7, 11) is 0. The Morgan fingerprint density at radius 3 is 2.64 bits per heavy atom. The van der Waals surface area contributed by atoms with Crippen LogP contribution in [0.25, 0.3) is 0 Å². The van der Waals surface area contributed by atoms with Crippen LogP contribution in [0.15, 0.2) is 0 Å². The molecule has 0 aromatic carbocycles. The molecular formula is C6H10N4O. The van der Waals surface area contributed by atoms with Gasteiger partial charge in [0.05, 0.1) is 6.61 Å². The number of hydrogen-bond acceptors (Lipinski definition) is 5. The number of nitrogen functional groups attached to an aromatic ring is 1. The molecule has 11 heavy (non-hydrogen) atoms. The van der Waals surface area contributed by atoms with Crippen LogP contribution in [0.2, 0.25) is 0 Å². The molecule has 0 saturated heterocycles. The van der Waals surface area contributed by atoms with E-state index in [0.717, 1.165) is 0 Å². The third-order valence-electron chi connectivity index (χ3n) is 1.02. The number of rotatable bonds is 2. The molecule has 1 rings (SSSR count). The summed E-state index contributed by atoms with van der Waals surface area (Å²) in [4.78, 5) is 11.4. The van der Waals surface area contributed by atoms with Crippen LogP contribution in [-0.4, -0.2) is 21.6 Å². The Morgan fingerprint density at radius 2 is 2.09 bits per heavy atom. The SMILES string of the molecule is CCOc1nc(C)nc(N)n1. The Kier molecular flexibility index (Phi) is 2.20. The zero-order valence-corrected chi connectivity index (χ0v) is 6.53. The first kappa shape index (κ1) is 7.71. The molecule has 1 heterocycles. The molecule has 2 N–H and O–H groups in total. The van der Waals surface area contributed by atoms with Gasteiger partial charge >= 0.3 is 6.01 Å². The second kappa shape index (κ2) is 3.14. The summed E-state index contributed by atoms with van der Waals surface area (Å²) in [5.74, 6) is 0.766. The van der Waals surface area contributed by atoms with Crippen molar-refractivity contribution in [2.45, 2.75) is 13.8 Å². The van der Waals surface area contributed by atoms with E-state index in [1.165, 1.54) is 0 Å². The molecule has 5 nitrogen and oxygen atoms in total. The van der Waals surface area contributed by atoms with Gasteiger partial charge in [-0.3, -0.25) is 0 Å². The Hall–Kier alpha value is -1.39. The highest BCUT2D eigenvalue weighted by atomic mass is 16.5. The highest BCUT2D eigenvalue weighted by molar-refractivity contribution is 5.17. The van der Waals surface area contributed by atoms with Crippen molar-refractivity contribution in [1.82, 2.24) is 15.0 Å². The molecule has 60 valence electrons. The fourth-order valence-corrected chi connectivity index (χ4v) is 0.671. The second-order valence-electron chi connectivity index (χ2n) is 1.96. The molecule has 5 heteroatoms. The number of aryl methyl sites for hydroxylation is 1. The number of ether oxygens (including phenoxy) is 1. The van der Waals surface area contributed by atoms with Gasteiger partial charge in [0.1, 0.15) is 5.82 Å². The summed E-state index contributed by atoms with van der Waals surface area (Å²) >= 11 is 0. The average Bonchev–Trinajstić information content (AvgIpc) is 1.85. The molecule has 0 aliphatic rings. The van der Waals surface area contributed by atoms with Gasteiger partial charge in [-0.05, 0) is 13.8 Å². The van der Waals surface area contributed by atoms with E-state index in [0.29, 0.717) is 12.4 Å². The van der Waals surface area contributed by atoms with Gasteiger partial charge in [-0.1, -0.05) is 0 Å². The maximum Gasteiger partial charge on any atom is 0.321 e. The number of nitrogens with two attached hydrogens (primary N) is 1. The Labute approximate surface area is 64.6 Å². The van der Waals surface area contributed by atoms with Gasteiger partial charge < -0.3 is 10.5 Å². The van der Waals surface area contributed by atoms with Crippen molar-refractivity contribution in [2.75, 3.05) is 12.3 Å². The van der Waals surface area contributed by atoms with Gasteiger partial charge in [0.15, 0.2) is 0 Å². The summed E-state index contributed by atoms with van der Waals surface area (Å²) in [6.45, 7) is 4.12. The minimum atomic E-state index is 0.195. The lowest BCUT2D eigenvalue weighted by Crippen LogP contribution is -2.04. The van der Waals surface area contributed by atoms with Gasteiger partial charge in [0.2, 0.25) is 5.95 Å². The van der Waals surface area contributed by atoms with Crippen LogP contribution >= 0.6 is 0 Å². The highest BCUT2D eigenvalue weighted by Crippen LogP contribution is 2.03. The van der Waals surface area contributed by atoms with E-state index < -0.39 is 0 Å². The Morgan fingerprint density at radius 1 is 1.36 bits per heavy atom. The van der Waals surface area contributed by atoms with Gasteiger partial charge in [-0.2, -0.15) is 15.0 Å². The number of anilines is 1. The van der Waals surface area contributed by atoms with Crippen molar-refractivity contribution in [3.63, 3.8) is 0 Å². The third-order valence-corrected chi connectivity index (χ3v) is 1.02. The van der Waals surface area contributed by atoms with E-state index >= 15 is 0 Å². The zero-order valence-electron chi connectivity index (χ0n) is 6.53. The third kappa shape index (κ3) is 2.03. The number of hydrogen-bond donors (Lipinski definition) is 1. The maximum atomic E-state index is 5.35. The van der Waals surface area contributed by atoms with Crippen molar-refractivity contribution in [3.05, 3.63) is 5.82 Å². The largest absolute Gasteiger partial charge is 0.464 e. The summed E-state index contributed by atoms with van der Waals surface area (Å²) < 4.78 is 5.03. The van der Waals surface area contributed by atoms with Crippen LogP contribution in [-0.2, 0) is 0 Å². The molecule has 0 aliphatic heterocycles. The summed E-state index contributed by atoms with van der Waals surface area (Å²) in [6.07, 6.45) is 0. The summed E-state index contributed by atoms with van der Waals surface area (Å²) in [6, 6.07) is 0.289. The molecule has 1 aromatic heterocycles. The monoisotopic (exact) mass is 154 g/mol. The van der Waals surface area contributed by atoms with E-state index in [9.17, 15) is 0 Å². The van der Waals surface area contributed by atoms with Gasteiger partial charge in [0.25, 0.3) is 0 Å². The fourth-order valence-electron chi connectivity index (χ4n) is 0.671.